The number of rotatable bonds is 4. The fraction of sp³-hybridized carbons (Fsp3) is 0.357. The lowest BCUT2D eigenvalue weighted by Crippen LogP contribution is -2.45. The molecular weight excluding hydrogens is 244 g/mol. The maximum Gasteiger partial charge on any atom is 0.328 e. The molecule has 0 aliphatic carbocycles. The number of carbonyl (C=O) groups excluding carboxylic acids is 2. The van der Waals surface area contributed by atoms with Crippen molar-refractivity contribution < 1.29 is 14.3 Å². The molecule has 0 saturated heterocycles. The zero-order valence-corrected chi connectivity index (χ0v) is 11.1. The Labute approximate surface area is 112 Å². The molecule has 19 heavy (non-hydrogen) atoms. The van der Waals surface area contributed by atoms with Crippen molar-refractivity contribution in [2.24, 2.45) is 5.92 Å². The number of benzene rings is 1. The lowest BCUT2D eigenvalue weighted by atomic mass is 10.0. The maximum absolute atomic E-state index is 12.0. The molecule has 1 N–H and O–H groups in total. The standard InChI is InChI=1S/C14H16N2O3/c1-9(2)12(14(18)19-3)16-13(17)11-6-4-10(8-15)5-7-11/h4-7,9,12H,1-3H3,(H,16,17)/t12-/m1/s1. The Hall–Kier alpha value is -2.35. The summed E-state index contributed by atoms with van der Waals surface area (Å²) in [6.45, 7) is 3.64. The van der Waals surface area contributed by atoms with Gasteiger partial charge in [0.05, 0.1) is 18.7 Å². The monoisotopic (exact) mass is 260 g/mol. The van der Waals surface area contributed by atoms with Crippen LogP contribution in [-0.2, 0) is 9.53 Å². The third kappa shape index (κ3) is 3.81. The highest BCUT2D eigenvalue weighted by atomic mass is 16.5. The zero-order valence-electron chi connectivity index (χ0n) is 11.1. The molecule has 1 aromatic rings. The molecule has 0 spiro atoms. The van der Waals surface area contributed by atoms with Gasteiger partial charge in [-0.05, 0) is 30.2 Å². The van der Waals surface area contributed by atoms with Gasteiger partial charge < -0.3 is 10.1 Å². The average molecular weight is 260 g/mol. The minimum atomic E-state index is -0.687. The summed E-state index contributed by atoms with van der Waals surface area (Å²) in [6.07, 6.45) is 0. The number of nitriles is 1. The van der Waals surface area contributed by atoms with Crippen LogP contribution in [-0.4, -0.2) is 25.0 Å². The van der Waals surface area contributed by atoms with E-state index < -0.39 is 12.0 Å². The molecule has 0 aromatic heterocycles. The Morgan fingerprint density at radius 3 is 2.26 bits per heavy atom. The van der Waals surface area contributed by atoms with E-state index in [9.17, 15) is 9.59 Å². The number of nitrogens with one attached hydrogen (secondary N) is 1. The van der Waals surface area contributed by atoms with Crippen LogP contribution in [0.2, 0.25) is 0 Å². The average Bonchev–Trinajstić information content (AvgIpc) is 2.43. The maximum atomic E-state index is 12.0. The Kier molecular flexibility index (Phi) is 5.07. The number of nitrogens with zero attached hydrogens (tertiary/aromatic N) is 1. The molecule has 1 aromatic carbocycles. The van der Waals surface area contributed by atoms with Gasteiger partial charge in [0.25, 0.3) is 5.91 Å². The van der Waals surface area contributed by atoms with Crippen molar-refractivity contribution in [1.82, 2.24) is 5.32 Å². The third-order valence-corrected chi connectivity index (χ3v) is 2.68. The Morgan fingerprint density at radius 1 is 1.26 bits per heavy atom. The van der Waals surface area contributed by atoms with Crippen LogP contribution in [0.4, 0.5) is 0 Å². The second-order valence-electron chi connectivity index (χ2n) is 4.41. The van der Waals surface area contributed by atoms with Crippen LogP contribution < -0.4 is 5.32 Å². The number of ether oxygens (including phenoxy) is 1. The number of esters is 1. The van der Waals surface area contributed by atoms with E-state index in [0.29, 0.717) is 11.1 Å². The van der Waals surface area contributed by atoms with Crippen LogP contribution in [0.5, 0.6) is 0 Å². The fourth-order valence-electron chi connectivity index (χ4n) is 1.55. The number of amides is 1. The van der Waals surface area contributed by atoms with Crippen LogP contribution in [0.25, 0.3) is 0 Å². The van der Waals surface area contributed by atoms with E-state index in [0.717, 1.165) is 0 Å². The molecule has 5 heteroatoms. The minimum Gasteiger partial charge on any atom is -0.467 e. The molecule has 1 atom stereocenters. The van der Waals surface area contributed by atoms with E-state index in [1.54, 1.807) is 24.3 Å². The van der Waals surface area contributed by atoms with Gasteiger partial charge in [0.2, 0.25) is 0 Å². The van der Waals surface area contributed by atoms with Gasteiger partial charge in [-0.25, -0.2) is 4.79 Å². The predicted octanol–water partition coefficient (Wildman–Crippen LogP) is 1.49. The van der Waals surface area contributed by atoms with Crippen LogP contribution in [0.15, 0.2) is 24.3 Å². The van der Waals surface area contributed by atoms with Crippen LogP contribution >= 0.6 is 0 Å². The summed E-state index contributed by atoms with van der Waals surface area (Å²) in [5, 5.41) is 11.3. The molecule has 5 nitrogen and oxygen atoms in total. The van der Waals surface area contributed by atoms with Crippen molar-refractivity contribution in [3.05, 3.63) is 35.4 Å². The van der Waals surface area contributed by atoms with Crippen molar-refractivity contribution >= 4 is 11.9 Å². The Morgan fingerprint density at radius 2 is 1.84 bits per heavy atom. The quantitative estimate of drug-likeness (QED) is 0.832. The van der Waals surface area contributed by atoms with E-state index in [-0.39, 0.29) is 11.8 Å². The van der Waals surface area contributed by atoms with Crippen LogP contribution in [0.1, 0.15) is 29.8 Å². The normalized spacial score (nSPS) is 11.5. The molecule has 1 amide bonds. The first kappa shape index (κ1) is 14.7. The molecule has 1 rings (SSSR count). The van der Waals surface area contributed by atoms with E-state index >= 15 is 0 Å². The highest BCUT2D eigenvalue weighted by Crippen LogP contribution is 2.07. The molecule has 0 unspecified atom stereocenters. The second-order valence-corrected chi connectivity index (χ2v) is 4.41. The first-order valence-corrected chi connectivity index (χ1v) is 5.88. The second kappa shape index (κ2) is 6.55. The summed E-state index contributed by atoms with van der Waals surface area (Å²) in [5.74, 6) is -0.916. The minimum absolute atomic E-state index is 0.0743. The summed E-state index contributed by atoms with van der Waals surface area (Å²) >= 11 is 0. The van der Waals surface area contributed by atoms with E-state index in [1.807, 2.05) is 19.9 Å². The van der Waals surface area contributed by atoms with Crippen LogP contribution in [0.3, 0.4) is 0 Å². The highest BCUT2D eigenvalue weighted by molar-refractivity contribution is 5.96. The summed E-state index contributed by atoms with van der Waals surface area (Å²) in [4.78, 5) is 23.5. The predicted molar refractivity (Wildman–Crippen MR) is 69.3 cm³/mol. The molecule has 0 aliphatic rings. The van der Waals surface area contributed by atoms with E-state index in [1.165, 1.54) is 7.11 Å². The smallest absolute Gasteiger partial charge is 0.328 e. The zero-order chi connectivity index (χ0) is 14.4. The molecule has 0 radical (unpaired) electrons. The highest BCUT2D eigenvalue weighted by Gasteiger charge is 2.25. The first-order chi connectivity index (χ1) is 8.99. The first-order valence-electron chi connectivity index (χ1n) is 5.88. The third-order valence-electron chi connectivity index (χ3n) is 2.68. The van der Waals surface area contributed by atoms with E-state index in [4.69, 9.17) is 5.26 Å². The van der Waals surface area contributed by atoms with Crippen molar-refractivity contribution in [2.45, 2.75) is 19.9 Å². The van der Waals surface area contributed by atoms with Gasteiger partial charge in [0.1, 0.15) is 6.04 Å². The molecule has 0 saturated carbocycles. The molecule has 0 heterocycles. The number of methoxy groups -OCH3 is 1. The number of hydrogen-bond donors (Lipinski definition) is 1. The topological polar surface area (TPSA) is 79.2 Å². The lowest BCUT2D eigenvalue weighted by Gasteiger charge is -2.19. The summed E-state index contributed by atoms with van der Waals surface area (Å²) < 4.78 is 4.65. The number of carbonyl (C=O) groups is 2. The SMILES string of the molecule is COC(=O)[C@H](NC(=O)c1ccc(C#N)cc1)C(C)C. The fourth-order valence-corrected chi connectivity index (χ4v) is 1.55. The summed E-state index contributed by atoms with van der Waals surface area (Å²) in [5.41, 5.74) is 0.874. The Balaban J connectivity index is 2.82. The molecule has 100 valence electrons. The molecule has 0 bridgehead atoms. The molecule has 0 fully saturated rings. The molecule has 0 aliphatic heterocycles. The van der Waals surface area contributed by atoms with Gasteiger partial charge in [-0.3, -0.25) is 4.79 Å². The van der Waals surface area contributed by atoms with Crippen molar-refractivity contribution in [3.8, 4) is 6.07 Å². The van der Waals surface area contributed by atoms with Gasteiger partial charge in [-0.1, -0.05) is 13.8 Å². The van der Waals surface area contributed by atoms with Crippen LogP contribution in [0, 0.1) is 17.2 Å². The summed E-state index contributed by atoms with van der Waals surface area (Å²) in [6, 6.07) is 7.48. The number of hydrogen-bond acceptors (Lipinski definition) is 4. The lowest BCUT2D eigenvalue weighted by molar-refractivity contribution is -0.144. The van der Waals surface area contributed by atoms with Gasteiger partial charge in [0, 0.05) is 5.56 Å². The van der Waals surface area contributed by atoms with Crippen molar-refractivity contribution in [2.75, 3.05) is 7.11 Å². The van der Waals surface area contributed by atoms with Crippen molar-refractivity contribution in [1.29, 1.82) is 5.26 Å². The largest absolute Gasteiger partial charge is 0.467 e. The van der Waals surface area contributed by atoms with E-state index in [2.05, 4.69) is 10.1 Å². The molecular formula is C14H16N2O3. The van der Waals surface area contributed by atoms with Gasteiger partial charge in [-0.2, -0.15) is 5.26 Å². The Bertz CT molecular complexity index is 500. The summed E-state index contributed by atoms with van der Waals surface area (Å²) in [7, 11) is 1.28. The van der Waals surface area contributed by atoms with Crippen molar-refractivity contribution in [3.63, 3.8) is 0 Å². The van der Waals surface area contributed by atoms with Gasteiger partial charge >= 0.3 is 5.97 Å². The van der Waals surface area contributed by atoms with Gasteiger partial charge in [-0.15, -0.1) is 0 Å². The van der Waals surface area contributed by atoms with Gasteiger partial charge in [0.15, 0.2) is 0 Å².